The fraction of sp³-hybridized carbons (Fsp3) is 0. The first kappa shape index (κ1) is 23.0. The van der Waals surface area contributed by atoms with Crippen LogP contribution in [0.4, 0.5) is 0 Å². The van der Waals surface area contributed by atoms with Crippen LogP contribution in [0.5, 0.6) is 0 Å². The zero-order valence-corrected chi connectivity index (χ0v) is 21.6. The van der Waals surface area contributed by atoms with Gasteiger partial charge in [0, 0.05) is 16.5 Å². The van der Waals surface area contributed by atoms with E-state index in [4.69, 9.17) is 0 Å². The number of aromatic nitrogens is 1. The first-order valence-electron chi connectivity index (χ1n) is 13.3. The van der Waals surface area contributed by atoms with Crippen LogP contribution in [0.25, 0.3) is 65.7 Å². The summed E-state index contributed by atoms with van der Waals surface area (Å²) in [6.45, 7) is 7.81. The first-order valence-corrected chi connectivity index (χ1v) is 13.3. The molecule has 0 unspecified atom stereocenters. The van der Waals surface area contributed by atoms with E-state index in [1.54, 1.807) is 6.08 Å². The van der Waals surface area contributed by atoms with Crippen LogP contribution in [0.3, 0.4) is 0 Å². The van der Waals surface area contributed by atoms with Crippen LogP contribution in [0, 0.1) is 0 Å². The third-order valence-corrected chi connectivity index (χ3v) is 7.71. The topological polar surface area (TPSA) is 4.93 Å². The number of benzene rings is 6. The lowest BCUT2D eigenvalue weighted by Gasteiger charge is -2.10. The van der Waals surface area contributed by atoms with Gasteiger partial charge in [0.25, 0.3) is 0 Å². The average Bonchev–Trinajstić information content (AvgIpc) is 3.34. The Kier molecular flexibility index (Phi) is 5.49. The molecule has 39 heavy (non-hydrogen) atoms. The molecule has 1 nitrogen and oxygen atoms in total. The third-order valence-electron chi connectivity index (χ3n) is 7.71. The Bertz CT molecular complexity index is 2080. The monoisotopic (exact) mass is 497 g/mol. The normalized spacial score (nSPS) is 11.9. The van der Waals surface area contributed by atoms with Crippen LogP contribution in [-0.2, 0) is 0 Å². The maximum atomic E-state index is 3.97. The van der Waals surface area contributed by atoms with Crippen molar-refractivity contribution in [3.63, 3.8) is 0 Å². The number of nitrogens with zero attached hydrogens (tertiary/aromatic N) is 1. The number of fused-ring (bicyclic) bond motifs is 6. The molecule has 0 aliphatic carbocycles. The van der Waals surface area contributed by atoms with Crippen LogP contribution >= 0.6 is 0 Å². The standard InChI is InChI=1S/C38H27N/c1-3-9-26(4-2)28-16-20-33(21-17-28)39-36-22-19-32(31-15-14-27-10-5-6-12-30(27)24-31)25-35(36)38-34-13-8-7-11-29(34)18-23-37(38)39/h3-25H,1-2H2. The molecular formula is C38H27N. The molecule has 0 saturated heterocycles. The Morgan fingerprint density at radius 2 is 1.23 bits per heavy atom. The molecule has 1 heteroatoms. The zero-order chi connectivity index (χ0) is 26.3. The maximum absolute atomic E-state index is 3.97. The van der Waals surface area contributed by atoms with Gasteiger partial charge in [-0.25, -0.2) is 0 Å². The van der Waals surface area contributed by atoms with Crippen molar-refractivity contribution in [1.29, 1.82) is 0 Å². The molecule has 184 valence electrons. The number of allylic oxidation sites excluding steroid dienone is 4. The van der Waals surface area contributed by atoms with Gasteiger partial charge in [0.15, 0.2) is 0 Å². The molecule has 7 aromatic rings. The van der Waals surface area contributed by atoms with Gasteiger partial charge >= 0.3 is 0 Å². The van der Waals surface area contributed by atoms with E-state index in [1.165, 1.54) is 54.5 Å². The molecule has 0 saturated carbocycles. The summed E-state index contributed by atoms with van der Waals surface area (Å²) < 4.78 is 2.38. The van der Waals surface area contributed by atoms with Gasteiger partial charge in [-0.15, -0.1) is 0 Å². The smallest absolute Gasteiger partial charge is 0.0547 e. The minimum absolute atomic E-state index is 1.06. The highest BCUT2D eigenvalue weighted by atomic mass is 15.0. The largest absolute Gasteiger partial charge is 0.309 e. The second kappa shape index (κ2) is 9.31. The number of hydrogen-bond donors (Lipinski definition) is 0. The molecule has 0 bridgehead atoms. The van der Waals surface area contributed by atoms with Crippen LogP contribution in [-0.4, -0.2) is 4.57 Å². The van der Waals surface area contributed by atoms with E-state index >= 15 is 0 Å². The van der Waals surface area contributed by atoms with Crippen molar-refractivity contribution in [3.05, 3.63) is 158 Å². The van der Waals surface area contributed by atoms with Crippen molar-refractivity contribution in [2.45, 2.75) is 0 Å². The molecule has 6 aromatic carbocycles. The lowest BCUT2D eigenvalue weighted by Crippen LogP contribution is -1.94. The van der Waals surface area contributed by atoms with Gasteiger partial charge in [0.1, 0.15) is 0 Å². The zero-order valence-electron chi connectivity index (χ0n) is 21.6. The number of rotatable bonds is 5. The molecule has 0 atom stereocenters. The van der Waals surface area contributed by atoms with Crippen LogP contribution in [0.2, 0.25) is 0 Å². The van der Waals surface area contributed by atoms with Crippen molar-refractivity contribution in [2.75, 3.05) is 0 Å². The lowest BCUT2D eigenvalue weighted by atomic mass is 9.98. The highest BCUT2D eigenvalue weighted by molar-refractivity contribution is 6.22. The molecule has 0 radical (unpaired) electrons. The van der Waals surface area contributed by atoms with Crippen molar-refractivity contribution >= 4 is 48.9 Å². The van der Waals surface area contributed by atoms with Gasteiger partial charge in [0.2, 0.25) is 0 Å². The summed E-state index contributed by atoms with van der Waals surface area (Å²) in [5, 5.41) is 7.58. The van der Waals surface area contributed by atoms with E-state index in [0.717, 1.165) is 16.8 Å². The van der Waals surface area contributed by atoms with Crippen molar-refractivity contribution in [3.8, 4) is 16.8 Å². The summed E-state index contributed by atoms with van der Waals surface area (Å²) in [6, 6.07) is 44.1. The molecular weight excluding hydrogens is 470 g/mol. The van der Waals surface area contributed by atoms with E-state index in [2.05, 4.69) is 139 Å². The SMILES string of the molecule is C=CC=C(C=C)c1ccc(-n2c3ccc(-c4ccc5ccccc5c4)cc3c3c4ccccc4ccc32)cc1. The summed E-state index contributed by atoms with van der Waals surface area (Å²) in [5.41, 5.74) is 8.17. The van der Waals surface area contributed by atoms with E-state index in [0.29, 0.717) is 0 Å². The van der Waals surface area contributed by atoms with Gasteiger partial charge in [-0.3, -0.25) is 0 Å². The van der Waals surface area contributed by atoms with Gasteiger partial charge in [-0.2, -0.15) is 0 Å². The van der Waals surface area contributed by atoms with Crippen LogP contribution in [0.1, 0.15) is 5.56 Å². The summed E-state index contributed by atoms with van der Waals surface area (Å²) in [6.07, 6.45) is 5.66. The fourth-order valence-electron chi connectivity index (χ4n) is 5.83. The molecule has 1 heterocycles. The molecule has 7 rings (SSSR count). The molecule has 1 aromatic heterocycles. The molecule has 0 N–H and O–H groups in total. The van der Waals surface area contributed by atoms with Crippen molar-refractivity contribution in [2.24, 2.45) is 0 Å². The fourth-order valence-corrected chi connectivity index (χ4v) is 5.83. The second-order valence-electron chi connectivity index (χ2n) is 9.92. The highest BCUT2D eigenvalue weighted by Gasteiger charge is 2.16. The molecule has 0 amide bonds. The molecule has 0 spiro atoms. The quantitative estimate of drug-likeness (QED) is 0.208. The second-order valence-corrected chi connectivity index (χ2v) is 9.92. The Morgan fingerprint density at radius 1 is 0.564 bits per heavy atom. The molecule has 0 fully saturated rings. The van der Waals surface area contributed by atoms with Crippen LogP contribution < -0.4 is 0 Å². The van der Waals surface area contributed by atoms with Crippen LogP contribution in [0.15, 0.2) is 153 Å². The van der Waals surface area contributed by atoms with E-state index in [-0.39, 0.29) is 0 Å². The summed E-state index contributed by atoms with van der Waals surface area (Å²) in [5.74, 6) is 0. The van der Waals surface area contributed by atoms with Gasteiger partial charge < -0.3 is 4.57 Å². The Hall–Kier alpha value is -5.14. The van der Waals surface area contributed by atoms with E-state index in [9.17, 15) is 0 Å². The number of hydrogen-bond acceptors (Lipinski definition) is 0. The van der Waals surface area contributed by atoms with Crippen molar-refractivity contribution in [1.82, 2.24) is 4.57 Å². The summed E-state index contributed by atoms with van der Waals surface area (Å²) in [4.78, 5) is 0. The minimum Gasteiger partial charge on any atom is -0.309 e. The van der Waals surface area contributed by atoms with Gasteiger partial charge in [0.05, 0.1) is 11.0 Å². The summed E-state index contributed by atoms with van der Waals surface area (Å²) in [7, 11) is 0. The van der Waals surface area contributed by atoms with E-state index < -0.39 is 0 Å². The predicted octanol–water partition coefficient (Wildman–Crippen LogP) is 10.5. The lowest BCUT2D eigenvalue weighted by molar-refractivity contribution is 1.18. The molecule has 0 aliphatic heterocycles. The third kappa shape index (κ3) is 3.79. The van der Waals surface area contributed by atoms with Gasteiger partial charge in [-0.05, 0) is 80.2 Å². The predicted molar refractivity (Wildman–Crippen MR) is 170 cm³/mol. The minimum atomic E-state index is 1.06. The Balaban J connectivity index is 1.49. The average molecular weight is 498 g/mol. The highest BCUT2D eigenvalue weighted by Crippen LogP contribution is 2.39. The maximum Gasteiger partial charge on any atom is 0.0547 e. The van der Waals surface area contributed by atoms with E-state index in [1.807, 2.05) is 12.2 Å². The Labute approximate surface area is 228 Å². The Morgan fingerprint density at radius 3 is 2.03 bits per heavy atom. The molecule has 0 aliphatic rings. The summed E-state index contributed by atoms with van der Waals surface area (Å²) >= 11 is 0. The van der Waals surface area contributed by atoms with Crippen molar-refractivity contribution < 1.29 is 0 Å². The first-order chi connectivity index (χ1) is 19.2. The van der Waals surface area contributed by atoms with Gasteiger partial charge in [-0.1, -0.05) is 116 Å².